The second-order valence-corrected chi connectivity index (χ2v) is 18.5. The molecule has 6 aromatic rings. The molecular weight excluding hydrogens is 835 g/mol. The largest absolute Gasteiger partial charge is 0.390 e. The number of halogens is 2. The molecule has 4 N–H and O–H groups in total. The maximum Gasteiger partial charge on any atom is 0.322 e. The lowest BCUT2D eigenvalue weighted by molar-refractivity contribution is 0.0304. The Balaban J connectivity index is 0.955. The Morgan fingerprint density at radius 3 is 1.47 bits per heavy atom. The summed E-state index contributed by atoms with van der Waals surface area (Å²) in [7, 11) is 0. The van der Waals surface area contributed by atoms with Gasteiger partial charge in [-0.2, -0.15) is 10.2 Å². The van der Waals surface area contributed by atoms with E-state index in [-0.39, 0.29) is 37.6 Å². The fourth-order valence-corrected chi connectivity index (χ4v) is 11.9. The van der Waals surface area contributed by atoms with Crippen LogP contribution in [-0.4, -0.2) is 105 Å². The van der Waals surface area contributed by atoms with Crippen molar-refractivity contribution in [3.05, 3.63) is 129 Å². The van der Waals surface area contributed by atoms with Gasteiger partial charge in [-0.1, -0.05) is 12.8 Å². The number of nitrogens with one attached hydrogen (secondary N) is 2. The van der Waals surface area contributed by atoms with Crippen LogP contribution < -0.4 is 10.6 Å². The topological polar surface area (TPSA) is 191 Å². The number of urea groups is 1. The number of aromatic nitrogens is 8. The van der Waals surface area contributed by atoms with E-state index >= 15 is 4.79 Å². The molecule has 0 radical (unpaired) electrons. The van der Waals surface area contributed by atoms with E-state index < -0.39 is 40.1 Å². The molecule has 10 rings (SSSR count). The lowest BCUT2D eigenvalue weighted by Crippen LogP contribution is -2.60. The van der Waals surface area contributed by atoms with Crippen LogP contribution in [0.4, 0.5) is 25.2 Å². The maximum atomic E-state index is 15.5. The van der Waals surface area contributed by atoms with E-state index in [4.69, 9.17) is 0 Å². The number of aliphatic hydroxyl groups is 2. The fourth-order valence-electron chi connectivity index (χ4n) is 10.1. The molecule has 0 spiro atoms. The van der Waals surface area contributed by atoms with Gasteiger partial charge in [0, 0.05) is 61.8 Å². The van der Waals surface area contributed by atoms with Gasteiger partial charge in [0.05, 0.1) is 55.8 Å². The van der Waals surface area contributed by atoms with Gasteiger partial charge >= 0.3 is 6.03 Å². The molecule has 4 fully saturated rings. The molecule has 8 heterocycles. The molecule has 19 heteroatoms. The van der Waals surface area contributed by atoms with Crippen LogP contribution in [0.15, 0.2) is 84.3 Å². The van der Waals surface area contributed by atoms with Crippen molar-refractivity contribution in [3.8, 4) is 0 Å². The van der Waals surface area contributed by atoms with Crippen molar-refractivity contribution in [2.45, 2.75) is 85.5 Å². The number of anilines is 2. The number of hydrogen-bond donors (Lipinski definition) is 4. The minimum Gasteiger partial charge on any atom is -0.390 e. The normalized spacial score (nSPS) is 25.0. The molecule has 320 valence electrons. The number of aliphatic hydroxyl groups excluding tert-OH is 2. The molecule has 4 atom stereocenters. The van der Waals surface area contributed by atoms with Gasteiger partial charge in [0.25, 0.3) is 0 Å². The third-order valence-electron chi connectivity index (χ3n) is 13.6. The number of thiazole rings is 2. The molecule has 0 aromatic carbocycles. The highest BCUT2D eigenvalue weighted by Crippen LogP contribution is 2.51. The maximum absolute atomic E-state index is 15.5. The Labute approximate surface area is 363 Å². The van der Waals surface area contributed by atoms with Crippen LogP contribution in [0.3, 0.4) is 0 Å². The number of pyridine rings is 2. The Hall–Kier alpha value is -5.63. The summed E-state index contributed by atoms with van der Waals surface area (Å²) in [5.41, 5.74) is 0.961. The van der Waals surface area contributed by atoms with E-state index in [1.807, 2.05) is 0 Å². The van der Waals surface area contributed by atoms with Crippen LogP contribution in [0.1, 0.15) is 83.9 Å². The van der Waals surface area contributed by atoms with Gasteiger partial charge in [-0.25, -0.2) is 13.6 Å². The van der Waals surface area contributed by atoms with Crippen molar-refractivity contribution < 1.29 is 23.8 Å². The van der Waals surface area contributed by atoms with Gasteiger partial charge in [-0.15, -0.1) is 32.9 Å². The monoisotopic (exact) mass is 878 g/mol. The average molecular weight is 879 g/mol. The summed E-state index contributed by atoms with van der Waals surface area (Å²) in [5.74, 6) is 0.245. The van der Waals surface area contributed by atoms with Crippen molar-refractivity contribution >= 4 is 40.3 Å². The van der Waals surface area contributed by atoms with Crippen molar-refractivity contribution in [2.75, 3.05) is 36.8 Å². The van der Waals surface area contributed by atoms with E-state index in [1.165, 1.54) is 34.8 Å². The molecule has 4 unspecified atom stereocenters. The average Bonchev–Trinajstić information content (AvgIpc) is 4.10. The van der Waals surface area contributed by atoms with Crippen molar-refractivity contribution in [2.24, 2.45) is 0 Å². The minimum absolute atomic E-state index is 0.163. The zero-order chi connectivity index (χ0) is 42.5. The number of hydrogen-bond acceptors (Lipinski definition) is 15. The summed E-state index contributed by atoms with van der Waals surface area (Å²) >= 11 is 2.59. The summed E-state index contributed by atoms with van der Waals surface area (Å²) in [6.07, 6.45) is 9.86. The van der Waals surface area contributed by atoms with Crippen LogP contribution in [0.25, 0.3) is 0 Å². The van der Waals surface area contributed by atoms with Crippen LogP contribution in [0.2, 0.25) is 0 Å². The zero-order valence-electron chi connectivity index (χ0n) is 33.6. The van der Waals surface area contributed by atoms with E-state index in [1.54, 1.807) is 82.0 Å². The first kappa shape index (κ1) is 40.4. The minimum atomic E-state index is -1.48. The van der Waals surface area contributed by atoms with E-state index in [0.29, 0.717) is 57.3 Å². The lowest BCUT2D eigenvalue weighted by atomic mass is 9.66. The van der Waals surface area contributed by atoms with Crippen LogP contribution >= 0.6 is 22.7 Å². The second kappa shape index (κ2) is 15.9. The van der Waals surface area contributed by atoms with Gasteiger partial charge in [0.2, 0.25) is 0 Å². The molecule has 62 heavy (non-hydrogen) atoms. The molecular formula is C43H44F2N12O3S2. The Kier molecular flexibility index (Phi) is 10.4. The third-order valence-corrected chi connectivity index (χ3v) is 15.4. The second-order valence-electron chi connectivity index (χ2n) is 16.7. The van der Waals surface area contributed by atoms with Gasteiger partial charge in [0.1, 0.15) is 23.3 Å². The molecule has 2 saturated heterocycles. The van der Waals surface area contributed by atoms with Gasteiger partial charge in [-0.3, -0.25) is 19.9 Å². The highest BCUT2D eigenvalue weighted by atomic mass is 32.1. The van der Waals surface area contributed by atoms with Gasteiger partial charge < -0.3 is 30.6 Å². The third kappa shape index (κ3) is 6.33. The Morgan fingerprint density at radius 2 is 1.13 bits per heavy atom. The van der Waals surface area contributed by atoms with Crippen molar-refractivity contribution in [1.29, 1.82) is 0 Å². The molecule has 0 bridgehead atoms. The molecule has 2 aliphatic carbocycles. The Bertz CT molecular complexity index is 2360. The zero-order valence-corrected chi connectivity index (χ0v) is 35.2. The summed E-state index contributed by atoms with van der Waals surface area (Å²) in [6, 6.07) is 12.6. The van der Waals surface area contributed by atoms with Gasteiger partial charge in [0.15, 0.2) is 11.1 Å². The lowest BCUT2D eigenvalue weighted by Gasteiger charge is -2.45. The fraction of sp³-hybridized carbons (Fsp3) is 0.419. The Morgan fingerprint density at radius 1 is 0.677 bits per heavy atom. The summed E-state index contributed by atoms with van der Waals surface area (Å²) in [5, 5.41) is 49.2. The summed E-state index contributed by atoms with van der Waals surface area (Å²) in [6.45, 7) is 1.14. The summed E-state index contributed by atoms with van der Waals surface area (Å²) < 4.78 is 29.7. The van der Waals surface area contributed by atoms with Crippen molar-refractivity contribution in [3.63, 3.8) is 0 Å². The summed E-state index contributed by atoms with van der Waals surface area (Å²) in [4.78, 5) is 37.3. The first-order valence-corrected chi connectivity index (χ1v) is 22.6. The van der Waals surface area contributed by atoms with Crippen LogP contribution in [0, 0.1) is 11.6 Å². The van der Waals surface area contributed by atoms with Gasteiger partial charge in [-0.05, 0) is 87.1 Å². The standard InChI is InChI=1S/C43H44F2N12O3S2/c44-27-5-1-17-48-37(27)40(13-3-14-40)23-50-35-9-7-29(52-54-35)42(33-21-46-25-61-33)31(58)11-19-56(42)39(60)57-20-12-32(59)43(57,34-22-47-26-62-34)30-8-10-36(55-53-30)51-24-41(15-4-16-41)38-28(45)6-2-18-49-38/h1-2,5-10,17-18,21-22,25-26,31-32,58-59H,3-4,11-16,19-20,23-24H2,(H,50,54)(H,51,55). The first-order valence-electron chi connectivity index (χ1n) is 20.8. The van der Waals surface area contributed by atoms with Crippen LogP contribution in [0.5, 0.6) is 0 Å². The van der Waals surface area contributed by atoms with Crippen LogP contribution in [-0.2, 0) is 21.9 Å². The first-order chi connectivity index (χ1) is 30.2. The number of carbonyl (C=O) groups is 1. The molecule has 4 aliphatic rings. The molecule has 15 nitrogen and oxygen atoms in total. The molecule has 2 aliphatic heterocycles. The number of likely N-dealkylation sites (tertiary alicyclic amines) is 2. The molecule has 2 amide bonds. The van der Waals surface area contributed by atoms with E-state index in [2.05, 4.69) is 51.0 Å². The van der Waals surface area contributed by atoms with E-state index in [9.17, 15) is 19.0 Å². The highest BCUT2D eigenvalue weighted by molar-refractivity contribution is 7.10. The van der Waals surface area contributed by atoms with Crippen molar-refractivity contribution in [1.82, 2.24) is 50.1 Å². The number of amides is 2. The predicted octanol–water partition coefficient (Wildman–Crippen LogP) is 5.76. The molecule has 6 aromatic heterocycles. The predicted molar refractivity (Wildman–Crippen MR) is 226 cm³/mol. The quantitative estimate of drug-likeness (QED) is 0.116. The molecule has 2 saturated carbocycles. The SMILES string of the molecule is O=C(N1CCC(O)C1(c1ccc(NCC2(c3ncccc3F)CCC2)nn1)c1cncs1)N1CCC(O)C1(c1ccc(NCC2(c3ncccc3F)CCC2)nn1)c1cncs1. The highest BCUT2D eigenvalue weighted by Gasteiger charge is 2.61. The smallest absolute Gasteiger partial charge is 0.322 e. The number of carbonyl (C=O) groups excluding carboxylic acids is 1. The number of rotatable bonds is 12. The number of nitrogens with zero attached hydrogens (tertiary/aromatic N) is 10. The van der Waals surface area contributed by atoms with E-state index in [0.717, 1.165) is 38.5 Å².